The van der Waals surface area contributed by atoms with Gasteiger partial charge in [0.1, 0.15) is 21.3 Å². The molecule has 0 aliphatic rings. The summed E-state index contributed by atoms with van der Waals surface area (Å²) in [5, 5.41) is 0.196. The summed E-state index contributed by atoms with van der Waals surface area (Å²) >= 11 is 0.943. The molecule has 2 heterocycles. The third-order valence-electron chi connectivity index (χ3n) is 4.04. The van der Waals surface area contributed by atoms with Crippen LogP contribution in [0.3, 0.4) is 0 Å². The second-order valence-electron chi connectivity index (χ2n) is 5.95. The van der Waals surface area contributed by atoms with E-state index in [1.807, 2.05) is 0 Å². The Bertz CT molecular complexity index is 1120. The molecule has 0 atom stereocenters. The minimum absolute atomic E-state index is 0.00705. The van der Waals surface area contributed by atoms with Crippen LogP contribution in [0.4, 0.5) is 17.6 Å². The summed E-state index contributed by atoms with van der Waals surface area (Å²) in [7, 11) is 0. The van der Waals surface area contributed by atoms with Crippen LogP contribution in [-0.4, -0.2) is 22.5 Å². The van der Waals surface area contributed by atoms with Gasteiger partial charge in [0.15, 0.2) is 0 Å². The lowest BCUT2D eigenvalue weighted by atomic mass is 10.1. The van der Waals surface area contributed by atoms with Gasteiger partial charge < -0.3 is 9.72 Å². The van der Waals surface area contributed by atoms with Gasteiger partial charge in [-0.3, -0.25) is 4.79 Å². The average Bonchev–Trinajstić information content (AvgIpc) is 2.93. The van der Waals surface area contributed by atoms with E-state index in [0.717, 1.165) is 17.4 Å². The number of carbonyl (C=O) groups is 1. The van der Waals surface area contributed by atoms with Crippen LogP contribution in [0.5, 0.6) is 0 Å². The van der Waals surface area contributed by atoms with Crippen molar-refractivity contribution in [2.24, 2.45) is 0 Å². The van der Waals surface area contributed by atoms with Crippen LogP contribution < -0.4 is 5.56 Å². The number of aromatic amines is 1. The topological polar surface area (TPSA) is 72.0 Å². The molecule has 3 rings (SSSR count). The van der Waals surface area contributed by atoms with Crippen molar-refractivity contribution in [1.82, 2.24) is 9.97 Å². The Kier molecular flexibility index (Phi) is 5.24. The Morgan fingerprint density at radius 1 is 1.32 bits per heavy atom. The van der Waals surface area contributed by atoms with E-state index in [9.17, 15) is 27.2 Å². The van der Waals surface area contributed by atoms with Gasteiger partial charge in [-0.05, 0) is 43.2 Å². The standard InChI is InChI=1S/C18H14F4N2O3S/c1-3-27-17(26)14-8(2)13-15(25)23-12(24-16(13)28-14)7-9-6-10(18(20,21)22)4-5-11(9)19/h4-6H,3,7H2,1-2H3,(H,23,24,25). The van der Waals surface area contributed by atoms with Gasteiger partial charge in [0.2, 0.25) is 0 Å². The zero-order valence-corrected chi connectivity index (χ0v) is 15.6. The Morgan fingerprint density at radius 3 is 2.68 bits per heavy atom. The summed E-state index contributed by atoms with van der Waals surface area (Å²) in [6.45, 7) is 3.39. The van der Waals surface area contributed by atoms with Gasteiger partial charge in [-0.2, -0.15) is 13.2 Å². The van der Waals surface area contributed by atoms with Crippen molar-refractivity contribution < 1.29 is 27.1 Å². The molecule has 0 aliphatic carbocycles. The first-order valence-electron chi connectivity index (χ1n) is 8.16. The SMILES string of the molecule is CCOC(=O)c1sc2nc(Cc3cc(C(F)(F)F)ccc3F)[nH]c(=O)c2c1C. The molecular weight excluding hydrogens is 400 g/mol. The highest BCUT2D eigenvalue weighted by Gasteiger charge is 2.31. The lowest BCUT2D eigenvalue weighted by Gasteiger charge is -2.09. The summed E-state index contributed by atoms with van der Waals surface area (Å²) in [5.74, 6) is -1.44. The van der Waals surface area contributed by atoms with Crippen LogP contribution in [0.1, 0.15) is 39.1 Å². The first-order valence-corrected chi connectivity index (χ1v) is 8.98. The van der Waals surface area contributed by atoms with E-state index in [1.54, 1.807) is 13.8 Å². The quantitative estimate of drug-likeness (QED) is 0.513. The van der Waals surface area contributed by atoms with Gasteiger partial charge in [-0.15, -0.1) is 11.3 Å². The molecule has 0 aliphatic heterocycles. The van der Waals surface area contributed by atoms with Crippen molar-refractivity contribution in [2.75, 3.05) is 6.61 Å². The van der Waals surface area contributed by atoms with Gasteiger partial charge >= 0.3 is 12.1 Å². The summed E-state index contributed by atoms with van der Waals surface area (Å²) in [4.78, 5) is 31.5. The van der Waals surface area contributed by atoms with Crippen molar-refractivity contribution in [3.8, 4) is 0 Å². The minimum Gasteiger partial charge on any atom is -0.462 e. The molecule has 148 valence electrons. The maximum absolute atomic E-state index is 14.0. The second kappa shape index (κ2) is 7.34. The minimum atomic E-state index is -4.62. The monoisotopic (exact) mass is 414 g/mol. The Hall–Kier alpha value is -2.75. The number of hydrogen-bond donors (Lipinski definition) is 1. The number of rotatable bonds is 4. The number of aromatic nitrogens is 2. The molecule has 28 heavy (non-hydrogen) atoms. The fourth-order valence-corrected chi connectivity index (χ4v) is 3.82. The number of carbonyl (C=O) groups excluding carboxylic acids is 1. The van der Waals surface area contributed by atoms with Gasteiger partial charge in [0.05, 0.1) is 17.6 Å². The second-order valence-corrected chi connectivity index (χ2v) is 6.95. The number of ether oxygens (including phenoxy) is 1. The average molecular weight is 414 g/mol. The van der Waals surface area contributed by atoms with Crippen LogP contribution in [0.25, 0.3) is 10.2 Å². The van der Waals surface area contributed by atoms with Crippen molar-refractivity contribution >= 4 is 27.5 Å². The lowest BCUT2D eigenvalue weighted by molar-refractivity contribution is -0.137. The molecule has 0 saturated heterocycles. The van der Waals surface area contributed by atoms with Crippen LogP contribution in [0.15, 0.2) is 23.0 Å². The molecule has 10 heteroatoms. The van der Waals surface area contributed by atoms with Crippen molar-refractivity contribution in [3.63, 3.8) is 0 Å². The number of fused-ring (bicyclic) bond motifs is 1. The predicted molar refractivity (Wildman–Crippen MR) is 95.1 cm³/mol. The number of thiophene rings is 1. The van der Waals surface area contributed by atoms with Gasteiger partial charge in [0, 0.05) is 6.42 Å². The number of aryl methyl sites for hydroxylation is 1. The summed E-state index contributed by atoms with van der Waals surface area (Å²) in [5.41, 5.74) is -1.40. The third kappa shape index (κ3) is 3.77. The first kappa shape index (κ1) is 20.0. The maximum Gasteiger partial charge on any atom is 0.416 e. The molecular formula is C18H14F4N2O3S. The number of H-pyrrole nitrogens is 1. The highest BCUT2D eigenvalue weighted by molar-refractivity contribution is 7.20. The molecule has 5 nitrogen and oxygen atoms in total. The predicted octanol–water partition coefficient (Wildman–Crippen LogP) is 4.22. The molecule has 2 aromatic heterocycles. The van der Waals surface area contributed by atoms with Crippen LogP contribution in [0.2, 0.25) is 0 Å². The van der Waals surface area contributed by atoms with Gasteiger partial charge in [0.25, 0.3) is 5.56 Å². The first-order chi connectivity index (χ1) is 13.1. The summed E-state index contributed by atoms with van der Waals surface area (Å²) in [6.07, 6.45) is -4.96. The third-order valence-corrected chi connectivity index (χ3v) is 5.21. The van der Waals surface area contributed by atoms with E-state index in [2.05, 4.69) is 9.97 Å². The molecule has 0 spiro atoms. The fourth-order valence-electron chi connectivity index (χ4n) is 2.73. The number of benzene rings is 1. The summed E-state index contributed by atoms with van der Waals surface area (Å²) in [6, 6.07) is 2.05. The van der Waals surface area contributed by atoms with Gasteiger partial charge in [-0.25, -0.2) is 14.2 Å². The lowest BCUT2D eigenvalue weighted by Crippen LogP contribution is -2.13. The van der Waals surface area contributed by atoms with Gasteiger partial charge in [-0.1, -0.05) is 0 Å². The number of halogens is 4. The highest BCUT2D eigenvalue weighted by atomic mass is 32.1. The molecule has 0 amide bonds. The molecule has 3 aromatic rings. The number of hydrogen-bond acceptors (Lipinski definition) is 5. The Morgan fingerprint density at radius 2 is 2.04 bits per heavy atom. The zero-order valence-electron chi connectivity index (χ0n) is 14.7. The van der Waals surface area contributed by atoms with Crippen molar-refractivity contribution in [1.29, 1.82) is 0 Å². The number of nitrogens with one attached hydrogen (secondary N) is 1. The molecule has 0 unspecified atom stereocenters. The Labute approximate surface area is 160 Å². The molecule has 0 bridgehead atoms. The van der Waals surface area contributed by atoms with Crippen molar-refractivity contribution in [3.05, 3.63) is 61.8 Å². The van der Waals surface area contributed by atoms with E-state index < -0.39 is 29.1 Å². The van der Waals surface area contributed by atoms with E-state index in [1.165, 1.54) is 0 Å². The fraction of sp³-hybridized carbons (Fsp3) is 0.278. The van der Waals surface area contributed by atoms with Crippen LogP contribution in [-0.2, 0) is 17.3 Å². The number of nitrogens with zero attached hydrogens (tertiary/aromatic N) is 1. The van der Waals surface area contributed by atoms with E-state index >= 15 is 0 Å². The largest absolute Gasteiger partial charge is 0.462 e. The highest BCUT2D eigenvalue weighted by Crippen LogP contribution is 2.31. The molecule has 1 N–H and O–H groups in total. The molecule has 1 aromatic carbocycles. The van der Waals surface area contributed by atoms with Crippen LogP contribution >= 0.6 is 11.3 Å². The van der Waals surface area contributed by atoms with E-state index in [4.69, 9.17) is 4.74 Å². The normalized spacial score (nSPS) is 11.8. The smallest absolute Gasteiger partial charge is 0.416 e. The zero-order chi connectivity index (χ0) is 20.6. The van der Waals surface area contributed by atoms with E-state index in [0.29, 0.717) is 17.7 Å². The summed E-state index contributed by atoms with van der Waals surface area (Å²) < 4.78 is 57.5. The maximum atomic E-state index is 14.0. The molecule has 0 radical (unpaired) electrons. The molecule has 0 saturated carbocycles. The number of alkyl halides is 3. The van der Waals surface area contributed by atoms with E-state index in [-0.39, 0.29) is 39.5 Å². The number of esters is 1. The Balaban J connectivity index is 2.04. The molecule has 0 fully saturated rings. The van der Waals surface area contributed by atoms with Crippen LogP contribution in [0, 0.1) is 12.7 Å². The van der Waals surface area contributed by atoms with Crippen molar-refractivity contribution in [2.45, 2.75) is 26.4 Å².